The van der Waals surface area contributed by atoms with Crippen LogP contribution in [0.4, 0.5) is 0 Å². The highest BCUT2D eigenvalue weighted by Gasteiger charge is 2.12. The lowest BCUT2D eigenvalue weighted by Crippen LogP contribution is -2.07. The molecule has 1 rings (SSSR count). The minimum absolute atomic E-state index is 0.325. The van der Waals surface area contributed by atoms with Crippen LogP contribution in [0.3, 0.4) is 0 Å². The van der Waals surface area contributed by atoms with Gasteiger partial charge in [-0.2, -0.15) is 0 Å². The van der Waals surface area contributed by atoms with Crippen molar-refractivity contribution in [2.45, 2.75) is 39.3 Å². The molecule has 0 radical (unpaired) electrons. The molecule has 1 aromatic rings. The third-order valence-corrected chi connectivity index (χ3v) is 2.97. The van der Waals surface area contributed by atoms with Crippen LogP contribution in [0.2, 0.25) is 0 Å². The van der Waals surface area contributed by atoms with Crippen LogP contribution in [0.15, 0.2) is 15.9 Å². The molecule has 3 heteroatoms. The Bertz CT molecular complexity index is 262. The first kappa shape index (κ1) is 10.6. The summed E-state index contributed by atoms with van der Waals surface area (Å²) in [6.45, 7) is 8.72. The number of hydrogen-bond donors (Lipinski definition) is 0. The first-order valence-electron chi connectivity index (χ1n) is 4.58. The number of rotatable bonds is 3. The van der Waals surface area contributed by atoms with E-state index in [0.29, 0.717) is 5.41 Å². The highest BCUT2D eigenvalue weighted by atomic mass is 32.2. The monoisotopic (exact) mass is 199 g/mol. The van der Waals surface area contributed by atoms with Crippen LogP contribution in [0.5, 0.6) is 0 Å². The van der Waals surface area contributed by atoms with Crippen LogP contribution >= 0.6 is 11.8 Å². The van der Waals surface area contributed by atoms with Crippen molar-refractivity contribution >= 4 is 11.8 Å². The predicted molar refractivity (Wildman–Crippen MR) is 56.1 cm³/mol. The van der Waals surface area contributed by atoms with Gasteiger partial charge in [0, 0.05) is 5.75 Å². The van der Waals surface area contributed by atoms with Crippen molar-refractivity contribution in [1.82, 2.24) is 4.98 Å². The molecule has 0 aliphatic heterocycles. The Hall–Kier alpha value is -0.440. The Kier molecular flexibility index (Phi) is 3.42. The molecule has 0 aliphatic rings. The van der Waals surface area contributed by atoms with Crippen LogP contribution in [-0.2, 0) is 6.42 Å². The average molecular weight is 199 g/mol. The fourth-order valence-corrected chi connectivity index (χ4v) is 1.65. The third kappa shape index (κ3) is 3.85. The fourth-order valence-electron chi connectivity index (χ4n) is 0.795. The molecular formula is C10H17NOS. The van der Waals surface area contributed by atoms with Gasteiger partial charge in [-0.3, -0.25) is 0 Å². The summed E-state index contributed by atoms with van der Waals surface area (Å²) < 4.78 is 5.30. The summed E-state index contributed by atoms with van der Waals surface area (Å²) >= 11 is 1.69. The predicted octanol–water partition coefficient (Wildman–Crippen LogP) is 3.38. The SMILES string of the molecule is CCc1coc(SCC(C)(C)C)n1. The van der Waals surface area contributed by atoms with Crippen LogP contribution in [-0.4, -0.2) is 10.7 Å². The molecule has 2 nitrogen and oxygen atoms in total. The van der Waals surface area contributed by atoms with E-state index in [9.17, 15) is 0 Å². The van der Waals surface area contributed by atoms with Crippen LogP contribution in [0.1, 0.15) is 33.4 Å². The summed E-state index contributed by atoms with van der Waals surface area (Å²) in [6, 6.07) is 0. The maximum absolute atomic E-state index is 5.30. The molecule has 74 valence electrons. The Morgan fingerprint density at radius 2 is 2.15 bits per heavy atom. The van der Waals surface area contributed by atoms with E-state index in [1.165, 1.54) is 0 Å². The molecule has 0 saturated carbocycles. The van der Waals surface area contributed by atoms with Crippen LogP contribution in [0, 0.1) is 5.41 Å². The van der Waals surface area contributed by atoms with Crippen molar-refractivity contribution < 1.29 is 4.42 Å². The van der Waals surface area contributed by atoms with E-state index in [2.05, 4.69) is 32.7 Å². The number of nitrogens with zero attached hydrogens (tertiary/aromatic N) is 1. The Morgan fingerprint density at radius 3 is 2.62 bits per heavy atom. The van der Waals surface area contributed by atoms with Gasteiger partial charge in [0.15, 0.2) is 0 Å². The summed E-state index contributed by atoms with van der Waals surface area (Å²) in [5, 5.41) is 0.798. The zero-order valence-electron chi connectivity index (χ0n) is 8.76. The van der Waals surface area contributed by atoms with Crippen molar-refractivity contribution in [2.24, 2.45) is 5.41 Å². The lowest BCUT2D eigenvalue weighted by atomic mass is 10.0. The van der Waals surface area contributed by atoms with E-state index < -0.39 is 0 Å². The molecule has 0 atom stereocenters. The van der Waals surface area contributed by atoms with Crippen molar-refractivity contribution in [3.8, 4) is 0 Å². The molecule has 0 spiro atoms. The molecule has 1 heterocycles. The number of aromatic nitrogens is 1. The maximum atomic E-state index is 5.30. The van der Waals surface area contributed by atoms with Gasteiger partial charge in [-0.1, -0.05) is 39.5 Å². The maximum Gasteiger partial charge on any atom is 0.255 e. The van der Waals surface area contributed by atoms with Crippen molar-refractivity contribution in [3.05, 3.63) is 12.0 Å². The molecule has 0 bridgehead atoms. The van der Waals surface area contributed by atoms with E-state index in [1.54, 1.807) is 18.0 Å². The zero-order valence-corrected chi connectivity index (χ0v) is 9.57. The molecule has 0 fully saturated rings. The second-order valence-electron chi connectivity index (χ2n) is 4.31. The van der Waals surface area contributed by atoms with Crippen molar-refractivity contribution in [1.29, 1.82) is 0 Å². The van der Waals surface area contributed by atoms with Gasteiger partial charge in [-0.05, 0) is 11.8 Å². The number of aryl methyl sites for hydroxylation is 1. The summed E-state index contributed by atoms with van der Waals surface area (Å²) in [6.07, 6.45) is 2.69. The number of thioether (sulfide) groups is 1. The van der Waals surface area contributed by atoms with Gasteiger partial charge in [-0.15, -0.1) is 0 Å². The Morgan fingerprint density at radius 1 is 1.46 bits per heavy atom. The smallest absolute Gasteiger partial charge is 0.255 e. The van der Waals surface area contributed by atoms with E-state index >= 15 is 0 Å². The van der Waals surface area contributed by atoms with E-state index in [0.717, 1.165) is 23.1 Å². The third-order valence-electron chi connectivity index (χ3n) is 1.52. The second kappa shape index (κ2) is 4.18. The summed E-state index contributed by atoms with van der Waals surface area (Å²) in [4.78, 5) is 4.33. The highest BCUT2D eigenvalue weighted by molar-refractivity contribution is 7.99. The summed E-state index contributed by atoms with van der Waals surface area (Å²) in [5.74, 6) is 1.04. The quantitative estimate of drug-likeness (QED) is 0.698. The molecule has 0 aliphatic carbocycles. The Labute approximate surface area is 84.1 Å². The minimum Gasteiger partial charge on any atom is -0.440 e. The molecule has 1 aromatic heterocycles. The van der Waals surface area contributed by atoms with Gasteiger partial charge in [0.1, 0.15) is 6.26 Å². The van der Waals surface area contributed by atoms with E-state index in [1.807, 2.05) is 0 Å². The van der Waals surface area contributed by atoms with E-state index in [4.69, 9.17) is 4.42 Å². The van der Waals surface area contributed by atoms with E-state index in [-0.39, 0.29) is 0 Å². The van der Waals surface area contributed by atoms with Gasteiger partial charge in [-0.25, -0.2) is 4.98 Å². The molecule has 13 heavy (non-hydrogen) atoms. The van der Waals surface area contributed by atoms with Crippen LogP contribution in [0.25, 0.3) is 0 Å². The Balaban J connectivity index is 2.46. The van der Waals surface area contributed by atoms with Gasteiger partial charge >= 0.3 is 0 Å². The molecule has 0 amide bonds. The second-order valence-corrected chi connectivity index (χ2v) is 5.23. The minimum atomic E-state index is 0.325. The van der Waals surface area contributed by atoms with Crippen molar-refractivity contribution in [3.63, 3.8) is 0 Å². The summed E-state index contributed by atoms with van der Waals surface area (Å²) in [5.41, 5.74) is 1.36. The topological polar surface area (TPSA) is 26.0 Å². The normalized spacial score (nSPS) is 12.0. The lowest BCUT2D eigenvalue weighted by molar-refractivity contribution is 0.444. The summed E-state index contributed by atoms with van der Waals surface area (Å²) in [7, 11) is 0. The van der Waals surface area contributed by atoms with Crippen LogP contribution < -0.4 is 0 Å². The first-order valence-corrected chi connectivity index (χ1v) is 5.57. The fraction of sp³-hybridized carbons (Fsp3) is 0.700. The number of hydrogen-bond acceptors (Lipinski definition) is 3. The first-order chi connectivity index (χ1) is 6.01. The van der Waals surface area contributed by atoms with Gasteiger partial charge < -0.3 is 4.42 Å². The largest absolute Gasteiger partial charge is 0.440 e. The molecular weight excluding hydrogens is 182 g/mol. The van der Waals surface area contributed by atoms with Gasteiger partial charge in [0.05, 0.1) is 5.69 Å². The standard InChI is InChI=1S/C10H17NOS/c1-5-8-6-12-9(11-8)13-7-10(2,3)4/h6H,5,7H2,1-4H3. The lowest BCUT2D eigenvalue weighted by Gasteiger charge is -2.15. The highest BCUT2D eigenvalue weighted by Crippen LogP contribution is 2.26. The molecule has 0 unspecified atom stereocenters. The molecule has 0 saturated heterocycles. The molecule has 0 aromatic carbocycles. The average Bonchev–Trinajstić information content (AvgIpc) is 2.47. The van der Waals surface area contributed by atoms with Crippen molar-refractivity contribution in [2.75, 3.05) is 5.75 Å². The van der Waals surface area contributed by atoms with Gasteiger partial charge in [0.2, 0.25) is 0 Å². The van der Waals surface area contributed by atoms with Gasteiger partial charge in [0.25, 0.3) is 5.22 Å². The zero-order chi connectivity index (χ0) is 9.90. The number of oxazole rings is 1. The molecule has 0 N–H and O–H groups in total.